The number of carbonyl (C=O) groups is 2. The van der Waals surface area contributed by atoms with Crippen LogP contribution in [0.5, 0.6) is 17.2 Å². The van der Waals surface area contributed by atoms with Gasteiger partial charge in [-0.25, -0.2) is 9.59 Å². The van der Waals surface area contributed by atoms with Crippen LogP contribution in [0.2, 0.25) is 0 Å². The van der Waals surface area contributed by atoms with Gasteiger partial charge in [-0.05, 0) is 55.5 Å². The molecule has 0 saturated heterocycles. The van der Waals surface area contributed by atoms with Crippen molar-refractivity contribution in [3.63, 3.8) is 0 Å². The Balaban J connectivity index is 1.70. The molecule has 0 aliphatic rings. The van der Waals surface area contributed by atoms with E-state index in [1.807, 2.05) is 0 Å². The van der Waals surface area contributed by atoms with Crippen LogP contribution in [0.25, 0.3) is 11.0 Å². The fourth-order valence-corrected chi connectivity index (χ4v) is 3.23. The smallest absolute Gasteiger partial charge is 0.453 e. The van der Waals surface area contributed by atoms with E-state index in [1.54, 1.807) is 25.1 Å². The molecule has 0 radical (unpaired) electrons. The predicted octanol–water partition coefficient (Wildman–Crippen LogP) is 6.00. The molecule has 184 valence electrons. The van der Waals surface area contributed by atoms with Gasteiger partial charge in [-0.2, -0.15) is 13.2 Å². The molecule has 0 fully saturated rings. The molecular formula is C26H17F3O7. The molecule has 1 heterocycles. The molecule has 10 heteroatoms. The second-order valence-corrected chi connectivity index (χ2v) is 7.35. The number of esters is 2. The van der Waals surface area contributed by atoms with E-state index in [1.165, 1.54) is 48.5 Å². The zero-order chi connectivity index (χ0) is 25.9. The molecule has 7 nitrogen and oxygen atoms in total. The third-order valence-electron chi connectivity index (χ3n) is 4.89. The lowest BCUT2D eigenvalue weighted by Crippen LogP contribution is -2.15. The molecule has 0 N–H and O–H groups in total. The van der Waals surface area contributed by atoms with Gasteiger partial charge in [-0.3, -0.25) is 4.79 Å². The summed E-state index contributed by atoms with van der Waals surface area (Å²) in [6.45, 7) is 1.78. The Morgan fingerprint density at radius 1 is 0.861 bits per heavy atom. The summed E-state index contributed by atoms with van der Waals surface area (Å²) in [7, 11) is 0. The molecule has 0 spiro atoms. The van der Waals surface area contributed by atoms with Gasteiger partial charge in [0, 0.05) is 6.07 Å². The molecule has 0 bridgehead atoms. The summed E-state index contributed by atoms with van der Waals surface area (Å²) in [6, 6.07) is 16.4. The lowest BCUT2D eigenvalue weighted by molar-refractivity contribution is -0.154. The fourth-order valence-electron chi connectivity index (χ4n) is 3.23. The van der Waals surface area contributed by atoms with Gasteiger partial charge in [0.2, 0.25) is 11.2 Å². The van der Waals surface area contributed by atoms with Gasteiger partial charge in [0.05, 0.1) is 23.1 Å². The number of ether oxygens (including phenoxy) is 3. The second kappa shape index (κ2) is 9.95. The fraction of sp³-hybridized carbons (Fsp3) is 0.115. The van der Waals surface area contributed by atoms with Crippen LogP contribution >= 0.6 is 0 Å². The SMILES string of the molecule is CCOC(=O)c1ccc(Oc2c(C(F)(F)F)oc3cc(OC(=O)c4ccccc4)ccc3c2=O)cc1. The number of hydrogen-bond donors (Lipinski definition) is 0. The highest BCUT2D eigenvalue weighted by atomic mass is 19.4. The summed E-state index contributed by atoms with van der Waals surface area (Å²) in [5, 5.41) is -0.222. The maximum absolute atomic E-state index is 13.8. The Morgan fingerprint density at radius 2 is 1.50 bits per heavy atom. The Hall–Kier alpha value is -4.60. The maximum atomic E-state index is 13.8. The highest BCUT2D eigenvalue weighted by Gasteiger charge is 2.40. The van der Waals surface area contributed by atoms with Crippen LogP contribution in [-0.2, 0) is 10.9 Å². The highest BCUT2D eigenvalue weighted by molar-refractivity contribution is 5.91. The van der Waals surface area contributed by atoms with Gasteiger partial charge in [0.25, 0.3) is 5.76 Å². The van der Waals surface area contributed by atoms with Crippen molar-refractivity contribution in [2.45, 2.75) is 13.1 Å². The van der Waals surface area contributed by atoms with Crippen LogP contribution in [0.3, 0.4) is 0 Å². The van der Waals surface area contributed by atoms with Crippen LogP contribution in [0.15, 0.2) is 82.0 Å². The van der Waals surface area contributed by atoms with Crippen LogP contribution in [0, 0.1) is 0 Å². The third kappa shape index (κ3) is 5.22. The molecule has 1 aromatic heterocycles. The van der Waals surface area contributed by atoms with Gasteiger partial charge in [-0.1, -0.05) is 18.2 Å². The van der Waals surface area contributed by atoms with Crippen molar-refractivity contribution < 1.29 is 41.4 Å². The van der Waals surface area contributed by atoms with E-state index < -0.39 is 40.6 Å². The van der Waals surface area contributed by atoms with E-state index in [4.69, 9.17) is 18.6 Å². The van der Waals surface area contributed by atoms with Gasteiger partial charge in [-0.15, -0.1) is 0 Å². The first-order valence-electron chi connectivity index (χ1n) is 10.6. The predicted molar refractivity (Wildman–Crippen MR) is 121 cm³/mol. The van der Waals surface area contributed by atoms with E-state index in [0.717, 1.165) is 6.07 Å². The van der Waals surface area contributed by atoms with Crippen molar-refractivity contribution in [1.82, 2.24) is 0 Å². The van der Waals surface area contributed by atoms with Crippen LogP contribution in [-0.4, -0.2) is 18.5 Å². The first-order chi connectivity index (χ1) is 17.2. The van der Waals surface area contributed by atoms with Crippen LogP contribution in [0.4, 0.5) is 13.2 Å². The molecule has 4 rings (SSSR count). The van der Waals surface area contributed by atoms with Gasteiger partial charge < -0.3 is 18.6 Å². The molecule has 0 amide bonds. The Morgan fingerprint density at radius 3 is 2.14 bits per heavy atom. The summed E-state index contributed by atoms with van der Waals surface area (Å²) in [4.78, 5) is 37.0. The number of benzene rings is 3. The summed E-state index contributed by atoms with van der Waals surface area (Å²) in [5.41, 5.74) is -1.15. The first-order valence-corrected chi connectivity index (χ1v) is 10.6. The molecular weight excluding hydrogens is 481 g/mol. The summed E-state index contributed by atoms with van der Waals surface area (Å²) >= 11 is 0. The van der Waals surface area contributed by atoms with Crippen molar-refractivity contribution in [2.24, 2.45) is 0 Å². The van der Waals surface area contributed by atoms with Crippen molar-refractivity contribution >= 4 is 22.9 Å². The molecule has 0 aliphatic carbocycles. The molecule has 4 aromatic rings. The van der Waals surface area contributed by atoms with Crippen molar-refractivity contribution in [1.29, 1.82) is 0 Å². The van der Waals surface area contributed by atoms with Crippen LogP contribution in [0.1, 0.15) is 33.4 Å². The Kier molecular flexibility index (Phi) is 6.77. The Bertz CT molecular complexity index is 1470. The van der Waals surface area contributed by atoms with E-state index in [-0.39, 0.29) is 34.6 Å². The van der Waals surface area contributed by atoms with E-state index in [9.17, 15) is 27.6 Å². The number of carbonyl (C=O) groups excluding carboxylic acids is 2. The van der Waals surface area contributed by atoms with Crippen LogP contribution < -0.4 is 14.9 Å². The average molecular weight is 498 g/mol. The monoisotopic (exact) mass is 498 g/mol. The van der Waals surface area contributed by atoms with E-state index >= 15 is 0 Å². The topological polar surface area (TPSA) is 92.0 Å². The van der Waals surface area contributed by atoms with Crippen molar-refractivity contribution in [3.05, 3.63) is 99.9 Å². The third-order valence-corrected chi connectivity index (χ3v) is 4.89. The Labute approximate surface area is 201 Å². The molecule has 0 aliphatic heterocycles. The second-order valence-electron chi connectivity index (χ2n) is 7.35. The minimum Gasteiger partial charge on any atom is -0.462 e. The average Bonchev–Trinajstić information content (AvgIpc) is 2.86. The molecule has 0 atom stereocenters. The van der Waals surface area contributed by atoms with Gasteiger partial charge in [0.1, 0.15) is 17.1 Å². The van der Waals surface area contributed by atoms with E-state index in [2.05, 4.69) is 0 Å². The molecule has 0 unspecified atom stereocenters. The number of fused-ring (bicyclic) bond motifs is 1. The highest BCUT2D eigenvalue weighted by Crippen LogP contribution is 2.38. The number of hydrogen-bond acceptors (Lipinski definition) is 7. The molecule has 0 saturated carbocycles. The number of alkyl halides is 3. The number of rotatable bonds is 6. The zero-order valence-electron chi connectivity index (χ0n) is 18.6. The lowest BCUT2D eigenvalue weighted by Gasteiger charge is -2.14. The summed E-state index contributed by atoms with van der Waals surface area (Å²) in [5.74, 6) is -4.34. The lowest BCUT2D eigenvalue weighted by atomic mass is 10.2. The van der Waals surface area contributed by atoms with E-state index in [0.29, 0.717) is 0 Å². The minimum atomic E-state index is -5.08. The van der Waals surface area contributed by atoms with Crippen molar-refractivity contribution in [2.75, 3.05) is 6.61 Å². The minimum absolute atomic E-state index is 0.115. The van der Waals surface area contributed by atoms with Crippen molar-refractivity contribution in [3.8, 4) is 17.2 Å². The largest absolute Gasteiger partial charge is 0.462 e. The molecule has 3 aromatic carbocycles. The quantitative estimate of drug-likeness (QED) is 0.238. The summed E-state index contributed by atoms with van der Waals surface area (Å²) in [6.07, 6.45) is -5.08. The summed E-state index contributed by atoms with van der Waals surface area (Å²) < 4.78 is 61.7. The van der Waals surface area contributed by atoms with Gasteiger partial charge >= 0.3 is 18.1 Å². The normalized spacial score (nSPS) is 11.2. The standard InChI is InChI=1S/C26H17F3O7/c1-2-33-24(31)16-8-10-17(11-9-16)34-22-21(30)19-13-12-18(14-20(19)36-23(22)26(27,28)29)35-25(32)15-6-4-3-5-7-15/h3-14H,2H2,1H3. The number of halogens is 3. The molecule has 36 heavy (non-hydrogen) atoms. The van der Waals surface area contributed by atoms with Gasteiger partial charge in [0.15, 0.2) is 0 Å². The first kappa shape index (κ1) is 24.5. The maximum Gasteiger partial charge on any atom is 0.453 e. The zero-order valence-corrected chi connectivity index (χ0v) is 18.6.